The van der Waals surface area contributed by atoms with E-state index in [0.717, 1.165) is 11.0 Å². The second-order valence-electron chi connectivity index (χ2n) is 4.98. The van der Waals surface area contributed by atoms with E-state index in [2.05, 4.69) is 31.1 Å². The molecular formula is C12H17N3O. The van der Waals surface area contributed by atoms with Crippen LogP contribution in [0.2, 0.25) is 0 Å². The molecule has 4 nitrogen and oxygen atoms in total. The predicted octanol–water partition coefficient (Wildman–Crippen LogP) is 2.62. The molecule has 0 amide bonds. The van der Waals surface area contributed by atoms with Crippen molar-refractivity contribution in [1.82, 2.24) is 15.0 Å². The molecule has 86 valence electrons. The summed E-state index contributed by atoms with van der Waals surface area (Å²) in [5, 5.41) is 8.31. The Hall–Kier alpha value is -1.42. The number of methoxy groups -OCH3 is 1. The molecule has 0 aliphatic carbocycles. The summed E-state index contributed by atoms with van der Waals surface area (Å²) < 4.78 is 7.37. The molecule has 0 aliphatic heterocycles. The third-order valence-corrected chi connectivity index (χ3v) is 2.56. The molecule has 1 atom stereocenters. The second kappa shape index (κ2) is 3.87. The van der Waals surface area contributed by atoms with E-state index in [1.54, 1.807) is 7.11 Å². The Morgan fingerprint density at radius 2 is 1.94 bits per heavy atom. The van der Waals surface area contributed by atoms with E-state index in [-0.39, 0.29) is 11.6 Å². The van der Waals surface area contributed by atoms with Crippen molar-refractivity contribution >= 4 is 11.0 Å². The first-order valence-electron chi connectivity index (χ1n) is 5.37. The van der Waals surface area contributed by atoms with Crippen LogP contribution in [0.1, 0.15) is 27.0 Å². The maximum absolute atomic E-state index is 5.53. The number of aromatic nitrogens is 3. The van der Waals surface area contributed by atoms with Gasteiger partial charge in [-0.15, -0.1) is 5.10 Å². The molecule has 2 rings (SSSR count). The molecule has 0 bridgehead atoms. The van der Waals surface area contributed by atoms with E-state index in [0.29, 0.717) is 0 Å². The maximum Gasteiger partial charge on any atom is 0.157 e. The average molecular weight is 219 g/mol. The van der Waals surface area contributed by atoms with Crippen molar-refractivity contribution in [3.8, 4) is 0 Å². The lowest BCUT2D eigenvalue weighted by Crippen LogP contribution is -2.26. The van der Waals surface area contributed by atoms with Crippen LogP contribution in [0.5, 0.6) is 0 Å². The van der Waals surface area contributed by atoms with E-state index in [1.807, 2.05) is 28.9 Å². The Morgan fingerprint density at radius 3 is 2.56 bits per heavy atom. The molecule has 0 aliphatic rings. The fourth-order valence-corrected chi connectivity index (χ4v) is 1.88. The van der Waals surface area contributed by atoms with Crippen molar-refractivity contribution in [1.29, 1.82) is 0 Å². The monoisotopic (exact) mass is 219 g/mol. The third kappa shape index (κ3) is 1.80. The first-order chi connectivity index (χ1) is 7.54. The summed E-state index contributed by atoms with van der Waals surface area (Å²) in [6.07, 6.45) is -0.111. The molecule has 1 aromatic heterocycles. The summed E-state index contributed by atoms with van der Waals surface area (Å²) in [5.74, 6) is 0. The fourth-order valence-electron chi connectivity index (χ4n) is 1.88. The Bertz CT molecular complexity index is 484. The minimum absolute atomic E-state index is 0.0226. The number of hydrogen-bond donors (Lipinski definition) is 0. The van der Waals surface area contributed by atoms with Crippen molar-refractivity contribution < 1.29 is 4.74 Å². The third-order valence-electron chi connectivity index (χ3n) is 2.56. The lowest BCUT2D eigenvalue weighted by molar-refractivity contribution is -0.0462. The number of benzene rings is 1. The van der Waals surface area contributed by atoms with E-state index < -0.39 is 0 Å². The van der Waals surface area contributed by atoms with Gasteiger partial charge in [0.2, 0.25) is 0 Å². The zero-order valence-electron chi connectivity index (χ0n) is 10.1. The van der Waals surface area contributed by atoms with Crippen LogP contribution in [0.4, 0.5) is 0 Å². The SMILES string of the molecule is COC(n1nnc2ccccc21)C(C)(C)C. The first-order valence-corrected chi connectivity index (χ1v) is 5.37. The topological polar surface area (TPSA) is 39.9 Å². The van der Waals surface area contributed by atoms with Crippen molar-refractivity contribution in [2.24, 2.45) is 5.41 Å². The summed E-state index contributed by atoms with van der Waals surface area (Å²) in [5.41, 5.74) is 1.88. The van der Waals surface area contributed by atoms with Gasteiger partial charge in [0.05, 0.1) is 5.52 Å². The average Bonchev–Trinajstić information content (AvgIpc) is 2.61. The van der Waals surface area contributed by atoms with Crippen molar-refractivity contribution in [2.45, 2.75) is 27.0 Å². The van der Waals surface area contributed by atoms with Gasteiger partial charge < -0.3 is 4.74 Å². The zero-order chi connectivity index (χ0) is 11.8. The normalized spacial score (nSPS) is 14.2. The van der Waals surface area contributed by atoms with Gasteiger partial charge in [0.15, 0.2) is 6.23 Å². The van der Waals surface area contributed by atoms with Gasteiger partial charge in [-0.05, 0) is 12.1 Å². The number of nitrogens with zero attached hydrogens (tertiary/aromatic N) is 3. The highest BCUT2D eigenvalue weighted by Crippen LogP contribution is 2.32. The quantitative estimate of drug-likeness (QED) is 0.779. The number of rotatable bonds is 2. The van der Waals surface area contributed by atoms with Crippen LogP contribution < -0.4 is 0 Å². The minimum atomic E-state index is -0.111. The molecule has 0 fully saturated rings. The summed E-state index contributed by atoms with van der Waals surface area (Å²) in [7, 11) is 1.70. The summed E-state index contributed by atoms with van der Waals surface area (Å²) in [6.45, 7) is 6.37. The number of fused-ring (bicyclic) bond motifs is 1. The Kier molecular flexibility index (Phi) is 2.68. The molecule has 4 heteroatoms. The van der Waals surface area contributed by atoms with Crippen LogP contribution >= 0.6 is 0 Å². The molecule has 0 spiro atoms. The first kappa shape index (κ1) is 11.1. The smallest absolute Gasteiger partial charge is 0.157 e. The molecular weight excluding hydrogens is 202 g/mol. The minimum Gasteiger partial charge on any atom is -0.359 e. The van der Waals surface area contributed by atoms with E-state index >= 15 is 0 Å². The van der Waals surface area contributed by atoms with Gasteiger partial charge in [-0.3, -0.25) is 0 Å². The van der Waals surface area contributed by atoms with Gasteiger partial charge in [0, 0.05) is 12.5 Å². The van der Waals surface area contributed by atoms with E-state index in [9.17, 15) is 0 Å². The second-order valence-corrected chi connectivity index (χ2v) is 4.98. The molecule has 0 saturated carbocycles. The molecule has 2 aromatic rings. The molecule has 0 N–H and O–H groups in total. The molecule has 1 unspecified atom stereocenters. The van der Waals surface area contributed by atoms with Crippen LogP contribution in [0, 0.1) is 5.41 Å². The maximum atomic E-state index is 5.53. The predicted molar refractivity (Wildman–Crippen MR) is 63.0 cm³/mol. The van der Waals surface area contributed by atoms with Crippen molar-refractivity contribution in [2.75, 3.05) is 7.11 Å². The van der Waals surface area contributed by atoms with Gasteiger partial charge in [0.25, 0.3) is 0 Å². The Labute approximate surface area is 95.2 Å². The van der Waals surface area contributed by atoms with Gasteiger partial charge in [0.1, 0.15) is 5.52 Å². The largest absolute Gasteiger partial charge is 0.359 e. The van der Waals surface area contributed by atoms with Crippen LogP contribution in [0.3, 0.4) is 0 Å². The van der Waals surface area contributed by atoms with Gasteiger partial charge >= 0.3 is 0 Å². The highest BCUT2D eigenvalue weighted by molar-refractivity contribution is 5.73. The van der Waals surface area contributed by atoms with E-state index in [4.69, 9.17) is 4.74 Å². The Morgan fingerprint density at radius 1 is 1.25 bits per heavy atom. The van der Waals surface area contributed by atoms with Crippen LogP contribution in [-0.4, -0.2) is 22.1 Å². The van der Waals surface area contributed by atoms with Gasteiger partial charge in [-0.1, -0.05) is 38.1 Å². The van der Waals surface area contributed by atoms with Gasteiger partial charge in [-0.25, -0.2) is 4.68 Å². The van der Waals surface area contributed by atoms with Crippen LogP contribution in [-0.2, 0) is 4.74 Å². The Balaban J connectivity index is 2.54. The fraction of sp³-hybridized carbons (Fsp3) is 0.500. The number of para-hydroxylation sites is 1. The van der Waals surface area contributed by atoms with Crippen molar-refractivity contribution in [3.63, 3.8) is 0 Å². The summed E-state index contributed by atoms with van der Waals surface area (Å²) >= 11 is 0. The standard InChI is InChI=1S/C12H17N3O/c1-12(2,3)11(16-4)15-10-8-6-5-7-9(10)13-14-15/h5-8,11H,1-4H3. The number of ether oxygens (including phenoxy) is 1. The molecule has 0 radical (unpaired) electrons. The van der Waals surface area contributed by atoms with E-state index in [1.165, 1.54) is 0 Å². The molecule has 16 heavy (non-hydrogen) atoms. The van der Waals surface area contributed by atoms with Gasteiger partial charge in [-0.2, -0.15) is 0 Å². The summed E-state index contributed by atoms with van der Waals surface area (Å²) in [6, 6.07) is 7.90. The molecule has 0 saturated heterocycles. The molecule has 1 heterocycles. The zero-order valence-corrected chi connectivity index (χ0v) is 10.1. The van der Waals surface area contributed by atoms with Crippen LogP contribution in [0.25, 0.3) is 11.0 Å². The number of hydrogen-bond acceptors (Lipinski definition) is 3. The highest BCUT2D eigenvalue weighted by atomic mass is 16.5. The lowest BCUT2D eigenvalue weighted by Gasteiger charge is -2.29. The van der Waals surface area contributed by atoms with Crippen molar-refractivity contribution in [3.05, 3.63) is 24.3 Å². The lowest BCUT2D eigenvalue weighted by atomic mass is 9.94. The highest BCUT2D eigenvalue weighted by Gasteiger charge is 2.28. The van der Waals surface area contributed by atoms with Crippen LogP contribution in [0.15, 0.2) is 24.3 Å². The summed E-state index contributed by atoms with van der Waals surface area (Å²) in [4.78, 5) is 0. The molecule has 1 aromatic carbocycles.